The Morgan fingerprint density at radius 2 is 2.27 bits per heavy atom. The smallest absolute Gasteiger partial charge is 0.181 e. The minimum Gasteiger partial charge on any atom is -0.293 e. The molecule has 0 unspecified atom stereocenters. The van der Waals surface area contributed by atoms with Crippen molar-refractivity contribution in [2.24, 2.45) is 0 Å². The van der Waals surface area contributed by atoms with Crippen LogP contribution in [0.3, 0.4) is 0 Å². The molecule has 4 nitrogen and oxygen atoms in total. The number of Topliss-reactive ketones (excluding diaryl/α,β-unsaturated/α-hetero) is 1. The summed E-state index contributed by atoms with van der Waals surface area (Å²) in [5, 5.41) is 7.55. The Bertz CT molecular complexity index is 277. The van der Waals surface area contributed by atoms with Crippen molar-refractivity contribution in [2.45, 2.75) is 27.3 Å². The Kier molecular flexibility index (Phi) is 2.03. The van der Waals surface area contributed by atoms with Crippen molar-refractivity contribution in [1.29, 1.82) is 0 Å². The van der Waals surface area contributed by atoms with E-state index in [1.165, 1.54) is 6.92 Å². The topological polar surface area (TPSA) is 47.8 Å². The zero-order chi connectivity index (χ0) is 8.43. The second-order valence-corrected chi connectivity index (χ2v) is 2.40. The molecule has 60 valence electrons. The van der Waals surface area contributed by atoms with E-state index in [1.807, 2.05) is 13.8 Å². The van der Waals surface area contributed by atoms with Crippen LogP contribution in [0.25, 0.3) is 0 Å². The SMILES string of the molecule is CCn1nnc(C(C)=O)c1C. The van der Waals surface area contributed by atoms with E-state index in [1.54, 1.807) is 4.68 Å². The molecule has 0 N–H and O–H groups in total. The minimum absolute atomic E-state index is 0.0257. The van der Waals surface area contributed by atoms with Gasteiger partial charge in [-0.3, -0.25) is 4.79 Å². The van der Waals surface area contributed by atoms with E-state index in [0.29, 0.717) is 5.69 Å². The average molecular weight is 153 g/mol. The molecule has 0 saturated carbocycles. The van der Waals surface area contributed by atoms with Crippen molar-refractivity contribution in [3.05, 3.63) is 11.4 Å². The lowest BCUT2D eigenvalue weighted by atomic mass is 10.2. The molecule has 0 amide bonds. The summed E-state index contributed by atoms with van der Waals surface area (Å²) in [5.41, 5.74) is 1.33. The van der Waals surface area contributed by atoms with Gasteiger partial charge in [-0.15, -0.1) is 5.10 Å². The van der Waals surface area contributed by atoms with Crippen molar-refractivity contribution in [1.82, 2.24) is 15.0 Å². The number of hydrogen-bond donors (Lipinski definition) is 0. The van der Waals surface area contributed by atoms with E-state index < -0.39 is 0 Å². The Labute approximate surface area is 65.2 Å². The highest BCUT2D eigenvalue weighted by Gasteiger charge is 2.10. The minimum atomic E-state index is -0.0257. The van der Waals surface area contributed by atoms with E-state index in [0.717, 1.165) is 12.2 Å². The fraction of sp³-hybridized carbons (Fsp3) is 0.571. The molecule has 0 aliphatic rings. The highest BCUT2D eigenvalue weighted by atomic mass is 16.1. The number of carbonyl (C=O) groups excluding carboxylic acids is 1. The molecule has 0 aromatic carbocycles. The van der Waals surface area contributed by atoms with E-state index in [2.05, 4.69) is 10.3 Å². The first kappa shape index (κ1) is 7.91. The van der Waals surface area contributed by atoms with Gasteiger partial charge < -0.3 is 0 Å². The van der Waals surface area contributed by atoms with Gasteiger partial charge >= 0.3 is 0 Å². The largest absolute Gasteiger partial charge is 0.293 e. The van der Waals surface area contributed by atoms with Crippen LogP contribution in [-0.4, -0.2) is 20.8 Å². The summed E-state index contributed by atoms with van der Waals surface area (Å²) in [6, 6.07) is 0. The number of hydrogen-bond acceptors (Lipinski definition) is 3. The van der Waals surface area contributed by atoms with Crippen LogP contribution in [0.5, 0.6) is 0 Å². The molecule has 1 heterocycles. The second-order valence-electron chi connectivity index (χ2n) is 2.40. The third kappa shape index (κ3) is 1.29. The van der Waals surface area contributed by atoms with Gasteiger partial charge in [0, 0.05) is 13.5 Å². The maximum atomic E-state index is 10.9. The molecular weight excluding hydrogens is 142 g/mol. The summed E-state index contributed by atoms with van der Waals surface area (Å²) in [4.78, 5) is 10.9. The van der Waals surface area contributed by atoms with Gasteiger partial charge in [0.05, 0.1) is 5.69 Å². The van der Waals surface area contributed by atoms with Gasteiger partial charge in [-0.1, -0.05) is 5.21 Å². The Balaban J connectivity index is 3.10. The fourth-order valence-electron chi connectivity index (χ4n) is 0.986. The normalized spacial score (nSPS) is 10.1. The Hall–Kier alpha value is -1.19. The molecule has 0 radical (unpaired) electrons. The summed E-state index contributed by atoms with van der Waals surface area (Å²) in [6.45, 7) is 6.06. The van der Waals surface area contributed by atoms with Crippen molar-refractivity contribution in [2.75, 3.05) is 0 Å². The lowest BCUT2D eigenvalue weighted by Crippen LogP contribution is -2.00. The van der Waals surface area contributed by atoms with Crippen LogP contribution in [0.2, 0.25) is 0 Å². The molecule has 0 bridgehead atoms. The summed E-state index contributed by atoms with van der Waals surface area (Å²) in [7, 11) is 0. The monoisotopic (exact) mass is 153 g/mol. The van der Waals surface area contributed by atoms with Crippen molar-refractivity contribution >= 4 is 5.78 Å². The average Bonchev–Trinajstić information content (AvgIpc) is 2.30. The number of aryl methyl sites for hydroxylation is 1. The first-order chi connectivity index (χ1) is 5.16. The van der Waals surface area contributed by atoms with Crippen LogP contribution < -0.4 is 0 Å². The number of ketones is 1. The first-order valence-electron chi connectivity index (χ1n) is 3.57. The molecule has 0 saturated heterocycles. The third-order valence-electron chi connectivity index (χ3n) is 1.62. The first-order valence-corrected chi connectivity index (χ1v) is 3.57. The van der Waals surface area contributed by atoms with Crippen LogP contribution >= 0.6 is 0 Å². The molecule has 0 spiro atoms. The predicted octanol–water partition coefficient (Wildman–Crippen LogP) is 0.809. The van der Waals surface area contributed by atoms with E-state index in [-0.39, 0.29) is 5.78 Å². The highest BCUT2D eigenvalue weighted by Crippen LogP contribution is 2.03. The predicted molar refractivity (Wildman–Crippen MR) is 40.4 cm³/mol. The second kappa shape index (κ2) is 2.82. The van der Waals surface area contributed by atoms with Crippen LogP contribution in [0, 0.1) is 6.92 Å². The number of rotatable bonds is 2. The third-order valence-corrected chi connectivity index (χ3v) is 1.62. The maximum Gasteiger partial charge on any atom is 0.181 e. The lowest BCUT2D eigenvalue weighted by Gasteiger charge is -1.95. The molecule has 1 aromatic heterocycles. The van der Waals surface area contributed by atoms with E-state index in [4.69, 9.17) is 0 Å². The van der Waals surface area contributed by atoms with Crippen molar-refractivity contribution in [3.63, 3.8) is 0 Å². The number of carbonyl (C=O) groups is 1. The van der Waals surface area contributed by atoms with Gasteiger partial charge in [0.15, 0.2) is 11.5 Å². The van der Waals surface area contributed by atoms with Crippen molar-refractivity contribution in [3.8, 4) is 0 Å². The van der Waals surface area contributed by atoms with Gasteiger partial charge in [-0.25, -0.2) is 4.68 Å². The number of aromatic nitrogens is 3. The summed E-state index contributed by atoms with van der Waals surface area (Å²) < 4.78 is 1.71. The van der Waals surface area contributed by atoms with Gasteiger partial charge in [-0.2, -0.15) is 0 Å². The standard InChI is InChI=1S/C7H11N3O/c1-4-10-5(2)7(6(3)11)8-9-10/h4H2,1-3H3. The summed E-state index contributed by atoms with van der Waals surface area (Å²) in [5.74, 6) is -0.0257. The van der Waals surface area contributed by atoms with E-state index >= 15 is 0 Å². The zero-order valence-electron chi connectivity index (χ0n) is 6.96. The molecule has 0 atom stereocenters. The van der Waals surface area contributed by atoms with Crippen LogP contribution in [0.15, 0.2) is 0 Å². The van der Waals surface area contributed by atoms with Gasteiger partial charge in [0.2, 0.25) is 0 Å². The summed E-state index contributed by atoms with van der Waals surface area (Å²) >= 11 is 0. The van der Waals surface area contributed by atoms with E-state index in [9.17, 15) is 4.79 Å². The molecule has 11 heavy (non-hydrogen) atoms. The highest BCUT2D eigenvalue weighted by molar-refractivity contribution is 5.92. The molecular formula is C7H11N3O. The molecule has 0 aliphatic heterocycles. The summed E-state index contributed by atoms with van der Waals surface area (Å²) in [6.07, 6.45) is 0. The van der Waals surface area contributed by atoms with Gasteiger partial charge in [-0.05, 0) is 13.8 Å². The molecule has 4 heteroatoms. The van der Waals surface area contributed by atoms with Crippen LogP contribution in [-0.2, 0) is 6.54 Å². The molecule has 1 aromatic rings. The lowest BCUT2D eigenvalue weighted by molar-refractivity contribution is 0.101. The fourth-order valence-corrected chi connectivity index (χ4v) is 0.986. The van der Waals surface area contributed by atoms with Gasteiger partial charge in [0.1, 0.15) is 0 Å². The Morgan fingerprint density at radius 3 is 2.55 bits per heavy atom. The van der Waals surface area contributed by atoms with Crippen LogP contribution in [0.4, 0.5) is 0 Å². The van der Waals surface area contributed by atoms with Gasteiger partial charge in [0.25, 0.3) is 0 Å². The molecule has 1 rings (SSSR count). The Morgan fingerprint density at radius 1 is 1.64 bits per heavy atom. The molecule has 0 fully saturated rings. The van der Waals surface area contributed by atoms with Crippen LogP contribution in [0.1, 0.15) is 30.0 Å². The van der Waals surface area contributed by atoms with Crippen molar-refractivity contribution < 1.29 is 4.79 Å². The maximum absolute atomic E-state index is 10.9. The number of nitrogens with zero attached hydrogens (tertiary/aromatic N) is 3. The quantitative estimate of drug-likeness (QED) is 0.591. The molecule has 0 aliphatic carbocycles. The zero-order valence-corrected chi connectivity index (χ0v) is 6.96.